The lowest BCUT2D eigenvalue weighted by Crippen LogP contribution is -2.05. The molecule has 0 spiro atoms. The monoisotopic (exact) mass is 312 g/mol. The minimum atomic E-state index is -0.721. The third-order valence-electron chi connectivity index (χ3n) is 3.46. The number of carbonyl (C=O) groups excluding carboxylic acids is 1. The Morgan fingerprint density at radius 1 is 1.17 bits per heavy atom. The van der Waals surface area contributed by atoms with Crippen molar-refractivity contribution in [3.63, 3.8) is 0 Å². The number of methoxy groups -OCH3 is 1. The summed E-state index contributed by atoms with van der Waals surface area (Å²) in [6.45, 7) is 0. The van der Waals surface area contributed by atoms with Crippen LogP contribution in [0.15, 0.2) is 42.7 Å². The van der Waals surface area contributed by atoms with Crippen molar-refractivity contribution < 1.29 is 19.0 Å². The number of aromatic nitrogens is 2. The Morgan fingerprint density at radius 3 is 2.61 bits per heavy atom. The first kappa shape index (κ1) is 14.9. The second kappa shape index (κ2) is 6.00. The van der Waals surface area contributed by atoms with E-state index in [4.69, 9.17) is 0 Å². The fourth-order valence-electron chi connectivity index (χ4n) is 2.31. The van der Waals surface area contributed by atoms with Crippen molar-refractivity contribution in [2.75, 3.05) is 7.11 Å². The van der Waals surface area contributed by atoms with Crippen LogP contribution in [0.5, 0.6) is 5.75 Å². The average Bonchev–Trinajstić information content (AvgIpc) is 2.56. The molecule has 3 aromatic rings. The molecule has 0 aliphatic carbocycles. The molecule has 0 bridgehead atoms. The van der Waals surface area contributed by atoms with Crippen molar-refractivity contribution in [1.29, 1.82) is 0 Å². The number of nitrogens with zero attached hydrogens (tertiary/aromatic N) is 2. The molecule has 0 saturated heterocycles. The lowest BCUT2D eigenvalue weighted by Gasteiger charge is -2.07. The number of esters is 1. The third-order valence-corrected chi connectivity index (χ3v) is 3.46. The quantitative estimate of drug-likeness (QED) is 0.753. The van der Waals surface area contributed by atoms with Gasteiger partial charge >= 0.3 is 5.97 Å². The van der Waals surface area contributed by atoms with Crippen LogP contribution >= 0.6 is 0 Å². The minimum absolute atomic E-state index is 0.168. The zero-order valence-corrected chi connectivity index (χ0v) is 12.3. The number of halogens is 1. The van der Waals surface area contributed by atoms with Crippen molar-refractivity contribution in [3.05, 3.63) is 65.4 Å². The van der Waals surface area contributed by atoms with Gasteiger partial charge in [-0.15, -0.1) is 0 Å². The Balaban J connectivity index is 1.96. The Hall–Kier alpha value is -3.02. The van der Waals surface area contributed by atoms with Gasteiger partial charge in [-0.3, -0.25) is 4.98 Å². The first-order valence-electron chi connectivity index (χ1n) is 6.88. The summed E-state index contributed by atoms with van der Waals surface area (Å²) in [7, 11) is 1.22. The Bertz CT molecular complexity index is 879. The molecule has 116 valence electrons. The van der Waals surface area contributed by atoms with Crippen LogP contribution in [0.3, 0.4) is 0 Å². The van der Waals surface area contributed by atoms with Gasteiger partial charge in [0.1, 0.15) is 11.3 Å². The van der Waals surface area contributed by atoms with Gasteiger partial charge in [0.05, 0.1) is 7.11 Å². The van der Waals surface area contributed by atoms with Crippen molar-refractivity contribution in [3.8, 4) is 5.75 Å². The Kier molecular flexibility index (Phi) is 3.89. The van der Waals surface area contributed by atoms with Gasteiger partial charge in [-0.05, 0) is 35.7 Å². The summed E-state index contributed by atoms with van der Waals surface area (Å²) in [4.78, 5) is 19.6. The number of hydrogen-bond acceptors (Lipinski definition) is 5. The van der Waals surface area contributed by atoms with E-state index >= 15 is 0 Å². The molecular formula is C17H13FN2O3. The lowest BCUT2D eigenvalue weighted by atomic mass is 10.1. The van der Waals surface area contributed by atoms with E-state index in [0.29, 0.717) is 11.8 Å². The highest BCUT2D eigenvalue weighted by Gasteiger charge is 2.17. The van der Waals surface area contributed by atoms with Crippen LogP contribution in [-0.2, 0) is 11.2 Å². The van der Waals surface area contributed by atoms with Crippen molar-refractivity contribution in [2.45, 2.75) is 6.42 Å². The summed E-state index contributed by atoms with van der Waals surface area (Å²) in [5.41, 5.74) is 1.94. The highest BCUT2D eigenvalue weighted by atomic mass is 19.1. The molecule has 1 aromatic carbocycles. The molecule has 0 amide bonds. The van der Waals surface area contributed by atoms with Crippen LogP contribution in [0.25, 0.3) is 10.9 Å². The molecule has 5 nitrogen and oxygen atoms in total. The first-order valence-corrected chi connectivity index (χ1v) is 6.88. The zero-order chi connectivity index (χ0) is 16.4. The van der Waals surface area contributed by atoms with E-state index in [1.807, 2.05) is 6.07 Å². The van der Waals surface area contributed by atoms with Gasteiger partial charge in [0.15, 0.2) is 11.4 Å². The summed E-state index contributed by atoms with van der Waals surface area (Å²) < 4.78 is 17.5. The number of carbonyl (C=O) groups is 1. The predicted molar refractivity (Wildman–Crippen MR) is 81.7 cm³/mol. The molecule has 0 aliphatic heterocycles. The molecule has 1 N–H and O–H groups in total. The normalized spacial score (nSPS) is 10.7. The van der Waals surface area contributed by atoms with Gasteiger partial charge in [0.25, 0.3) is 0 Å². The van der Waals surface area contributed by atoms with Gasteiger partial charge in [0.2, 0.25) is 0 Å². The number of pyridine rings is 2. The molecule has 0 unspecified atom stereocenters. The second-order valence-corrected chi connectivity index (χ2v) is 5.03. The van der Waals surface area contributed by atoms with E-state index in [-0.39, 0.29) is 22.8 Å². The summed E-state index contributed by atoms with van der Waals surface area (Å²) in [5.74, 6) is -1.31. The molecule has 0 atom stereocenters. The largest absolute Gasteiger partial charge is 0.504 e. The van der Waals surface area contributed by atoms with Crippen LogP contribution in [0, 0.1) is 5.82 Å². The summed E-state index contributed by atoms with van der Waals surface area (Å²) in [6, 6.07) is 8.03. The molecule has 0 aliphatic rings. The van der Waals surface area contributed by atoms with E-state index < -0.39 is 5.97 Å². The predicted octanol–water partition coefficient (Wildman–Crippen LogP) is 2.85. The van der Waals surface area contributed by atoms with Crippen molar-refractivity contribution in [2.24, 2.45) is 0 Å². The topological polar surface area (TPSA) is 72.3 Å². The zero-order valence-electron chi connectivity index (χ0n) is 12.3. The van der Waals surface area contributed by atoms with E-state index in [2.05, 4.69) is 14.7 Å². The van der Waals surface area contributed by atoms with E-state index in [0.717, 1.165) is 11.1 Å². The molecule has 23 heavy (non-hydrogen) atoms. The van der Waals surface area contributed by atoms with Gasteiger partial charge in [0, 0.05) is 17.8 Å². The van der Waals surface area contributed by atoms with E-state index in [9.17, 15) is 14.3 Å². The highest BCUT2D eigenvalue weighted by molar-refractivity contribution is 5.97. The number of benzene rings is 1. The summed E-state index contributed by atoms with van der Waals surface area (Å²) in [5, 5.41) is 10.7. The Labute approximate surface area is 131 Å². The van der Waals surface area contributed by atoms with Gasteiger partial charge in [-0.1, -0.05) is 12.1 Å². The molecule has 0 fully saturated rings. The van der Waals surface area contributed by atoms with Crippen LogP contribution < -0.4 is 0 Å². The van der Waals surface area contributed by atoms with Gasteiger partial charge < -0.3 is 9.84 Å². The van der Waals surface area contributed by atoms with Crippen molar-refractivity contribution >= 4 is 16.9 Å². The average molecular weight is 312 g/mol. The maximum absolute atomic E-state index is 12.9. The van der Waals surface area contributed by atoms with Crippen LogP contribution in [-0.4, -0.2) is 28.2 Å². The summed E-state index contributed by atoms with van der Waals surface area (Å²) >= 11 is 0. The number of rotatable bonds is 3. The fourth-order valence-corrected chi connectivity index (χ4v) is 2.31. The SMILES string of the molecule is COC(=O)c1ncc2cc(Cc3ccc(F)cc3)cnc2c1O. The minimum Gasteiger partial charge on any atom is -0.504 e. The standard InChI is InChI=1S/C17H13FN2O3/c1-23-17(22)15-16(21)14-12(9-20-15)7-11(8-19-14)6-10-2-4-13(18)5-3-10/h2-5,7-9,21H,6H2,1H3. The maximum Gasteiger partial charge on any atom is 0.360 e. The van der Waals surface area contributed by atoms with Gasteiger partial charge in [-0.25, -0.2) is 14.2 Å². The molecule has 3 rings (SSSR count). The third kappa shape index (κ3) is 2.96. The van der Waals surface area contributed by atoms with Crippen LogP contribution in [0.4, 0.5) is 4.39 Å². The molecule has 0 radical (unpaired) electrons. The van der Waals surface area contributed by atoms with Crippen LogP contribution in [0.2, 0.25) is 0 Å². The van der Waals surface area contributed by atoms with Crippen molar-refractivity contribution in [1.82, 2.24) is 9.97 Å². The Morgan fingerprint density at radius 2 is 1.91 bits per heavy atom. The van der Waals surface area contributed by atoms with Gasteiger partial charge in [-0.2, -0.15) is 0 Å². The molecule has 6 heteroatoms. The fraction of sp³-hybridized carbons (Fsp3) is 0.118. The molecular weight excluding hydrogens is 299 g/mol. The summed E-state index contributed by atoms with van der Waals surface area (Å²) in [6.07, 6.45) is 3.64. The van der Waals surface area contributed by atoms with E-state index in [1.165, 1.54) is 25.4 Å². The molecule has 0 saturated carbocycles. The maximum atomic E-state index is 12.9. The first-order chi connectivity index (χ1) is 11.1. The number of aromatic hydroxyl groups is 1. The number of fused-ring (bicyclic) bond motifs is 1. The second-order valence-electron chi connectivity index (χ2n) is 5.03. The molecule has 2 aromatic heterocycles. The number of ether oxygens (including phenoxy) is 1. The lowest BCUT2D eigenvalue weighted by molar-refractivity contribution is 0.0590. The van der Waals surface area contributed by atoms with Crippen LogP contribution in [0.1, 0.15) is 21.6 Å². The smallest absolute Gasteiger partial charge is 0.360 e. The number of hydrogen-bond donors (Lipinski definition) is 1. The van der Waals surface area contributed by atoms with E-state index in [1.54, 1.807) is 18.3 Å². The molecule has 2 heterocycles. The highest BCUT2D eigenvalue weighted by Crippen LogP contribution is 2.26.